The number of allylic oxidation sites excluding steroid dienone is 2. The maximum atomic E-state index is 11.2. The Morgan fingerprint density at radius 3 is 2.53 bits per heavy atom. The highest BCUT2D eigenvalue weighted by atomic mass is 33.1. The van der Waals surface area contributed by atoms with Crippen molar-refractivity contribution in [3.8, 4) is 5.75 Å². The second kappa shape index (κ2) is 16.2. The summed E-state index contributed by atoms with van der Waals surface area (Å²) in [6.45, 7) is 8.17. The van der Waals surface area contributed by atoms with E-state index in [1.807, 2.05) is 6.07 Å². The second-order valence-electron chi connectivity index (χ2n) is 19.6. The molecule has 2 aromatic carbocycles. The van der Waals surface area contributed by atoms with Gasteiger partial charge in [-0.3, -0.25) is 0 Å². The lowest BCUT2D eigenvalue weighted by atomic mass is 9.44. The minimum absolute atomic E-state index is 0.332. The SMILES string of the molecule is CNCC1CCC2(C1)CC1(CC3C4Cc5cc(O)cc(c5)Cc5ccccc5CNC(C)CSSCC(C4)CC3C3(C=CCC(C)C3)C1)CC2CNC. The lowest BCUT2D eigenvalue weighted by Crippen LogP contribution is -2.52. The number of phenolic OH excluding ortho intramolecular Hbond substituents is 1. The second-order valence-corrected chi connectivity index (χ2v) is 22.2. The largest absolute Gasteiger partial charge is 0.508 e. The summed E-state index contributed by atoms with van der Waals surface area (Å²) in [5, 5.41) is 22.3. The zero-order valence-corrected chi connectivity index (χ0v) is 34.9. The normalized spacial score (nSPS) is 40.3. The molecule has 0 aromatic heterocycles. The first kappa shape index (κ1) is 38.4. The van der Waals surface area contributed by atoms with Crippen LogP contribution in [0.4, 0.5) is 0 Å². The predicted molar refractivity (Wildman–Crippen MR) is 227 cm³/mol. The molecule has 4 bridgehead atoms. The first-order valence-corrected chi connectivity index (χ1v) is 24.0. The van der Waals surface area contributed by atoms with E-state index < -0.39 is 0 Å². The molecule has 8 rings (SSSR count). The van der Waals surface area contributed by atoms with Gasteiger partial charge in [0.2, 0.25) is 0 Å². The molecule has 53 heavy (non-hydrogen) atoms. The number of hydrogen-bond donors (Lipinski definition) is 4. The Balaban J connectivity index is 1.16. The first-order chi connectivity index (χ1) is 25.7. The van der Waals surface area contributed by atoms with E-state index in [9.17, 15) is 5.11 Å². The van der Waals surface area contributed by atoms with E-state index in [0.717, 1.165) is 60.6 Å². The van der Waals surface area contributed by atoms with Crippen molar-refractivity contribution < 1.29 is 5.11 Å². The van der Waals surface area contributed by atoms with E-state index in [4.69, 9.17) is 0 Å². The van der Waals surface area contributed by atoms with Crippen LogP contribution in [0.2, 0.25) is 0 Å². The smallest absolute Gasteiger partial charge is 0.116 e. The molecule has 1 aliphatic heterocycles. The zero-order valence-electron chi connectivity index (χ0n) is 33.3. The number of fused-ring (bicyclic) bond motifs is 8. The summed E-state index contributed by atoms with van der Waals surface area (Å²) in [6, 6.07) is 16.0. The minimum Gasteiger partial charge on any atom is -0.508 e. The van der Waals surface area contributed by atoms with Gasteiger partial charge in [0.05, 0.1) is 0 Å². The van der Waals surface area contributed by atoms with Gasteiger partial charge in [-0.15, -0.1) is 0 Å². The van der Waals surface area contributed by atoms with Crippen LogP contribution in [-0.2, 0) is 19.4 Å². The summed E-state index contributed by atoms with van der Waals surface area (Å²) in [5.74, 6) is 8.22. The summed E-state index contributed by atoms with van der Waals surface area (Å²) in [4.78, 5) is 0. The third-order valence-corrected chi connectivity index (χ3v) is 18.3. The van der Waals surface area contributed by atoms with Crippen molar-refractivity contribution in [2.24, 2.45) is 57.7 Å². The number of aromatic hydroxyl groups is 1. The average molecular weight is 756 g/mol. The number of hydrogen-bond acceptors (Lipinski definition) is 6. The molecule has 0 amide bonds. The van der Waals surface area contributed by atoms with Gasteiger partial charge in [-0.2, -0.15) is 0 Å². The molecule has 4 fully saturated rings. The van der Waals surface area contributed by atoms with Gasteiger partial charge in [-0.05, 0) is 210 Å². The van der Waals surface area contributed by atoms with E-state index in [2.05, 4.69) is 114 Å². The molecular weight excluding hydrogens is 687 g/mol. The lowest BCUT2D eigenvalue weighted by Gasteiger charge is -2.61. The number of rotatable bonds is 4. The quantitative estimate of drug-likeness (QED) is 0.184. The Morgan fingerprint density at radius 2 is 1.70 bits per heavy atom. The molecule has 11 atom stereocenters. The highest BCUT2D eigenvalue weighted by molar-refractivity contribution is 8.76. The molecule has 4 saturated carbocycles. The van der Waals surface area contributed by atoms with Crippen LogP contribution < -0.4 is 16.0 Å². The molecule has 4 N–H and O–H groups in total. The van der Waals surface area contributed by atoms with Crippen molar-refractivity contribution in [2.75, 3.05) is 38.7 Å². The van der Waals surface area contributed by atoms with Gasteiger partial charge < -0.3 is 21.1 Å². The molecule has 11 unspecified atom stereocenters. The number of nitrogens with one attached hydrogen (secondary N) is 3. The summed E-state index contributed by atoms with van der Waals surface area (Å²) < 4.78 is 0. The van der Waals surface area contributed by atoms with E-state index in [1.54, 1.807) is 0 Å². The van der Waals surface area contributed by atoms with Crippen LogP contribution in [0.5, 0.6) is 5.75 Å². The van der Waals surface area contributed by atoms with Crippen LogP contribution in [0.3, 0.4) is 0 Å². The summed E-state index contributed by atoms with van der Waals surface area (Å²) >= 11 is 0. The Bertz CT molecular complexity index is 1600. The lowest BCUT2D eigenvalue weighted by molar-refractivity contribution is -0.0844. The molecule has 3 spiro atoms. The minimum atomic E-state index is 0.332. The van der Waals surface area contributed by atoms with E-state index in [-0.39, 0.29) is 0 Å². The van der Waals surface area contributed by atoms with Gasteiger partial charge in [-0.25, -0.2) is 0 Å². The van der Waals surface area contributed by atoms with Crippen LogP contribution >= 0.6 is 21.6 Å². The Labute approximate surface area is 330 Å². The first-order valence-electron chi connectivity index (χ1n) is 21.5. The fourth-order valence-corrected chi connectivity index (χ4v) is 16.6. The predicted octanol–water partition coefficient (Wildman–Crippen LogP) is 10.0. The van der Waals surface area contributed by atoms with Crippen molar-refractivity contribution in [1.82, 2.24) is 16.0 Å². The maximum absolute atomic E-state index is 11.2. The molecule has 6 heteroatoms. The van der Waals surface area contributed by atoms with Gasteiger partial charge in [0, 0.05) is 24.1 Å². The monoisotopic (exact) mass is 755 g/mol. The molecule has 1 heterocycles. The number of phenols is 1. The fraction of sp³-hybridized carbons (Fsp3) is 0.702. The molecular formula is C47H69N3OS2. The topological polar surface area (TPSA) is 56.3 Å². The highest BCUT2D eigenvalue weighted by Crippen LogP contribution is 2.72. The molecule has 0 saturated heterocycles. The van der Waals surface area contributed by atoms with Crippen LogP contribution in [0, 0.1) is 57.7 Å². The standard InChI is InChI=1S/C47H69N3OS2/c1-32-8-7-12-47(21-32)31-45(23-41(27-49-4)46(30-45)13-11-34(22-46)25-48-3)24-43-40-16-36-14-35(18-42(51)19-36)15-38-9-5-6-10-39(38)26-50-33(2)28-52-53-29-37(17-40)20-44(43)47/h5-7,9-10,12,14,18-19,32-34,37,40-41,43-44,48-51H,8,11,13,15-17,20-31H2,1-4H3. The van der Waals surface area contributed by atoms with E-state index >= 15 is 0 Å². The Morgan fingerprint density at radius 1 is 0.887 bits per heavy atom. The Hall–Kier alpha value is -1.44. The molecule has 4 nitrogen and oxygen atoms in total. The van der Waals surface area contributed by atoms with Gasteiger partial charge in [0.1, 0.15) is 5.75 Å². The fourth-order valence-electron chi connectivity index (χ4n) is 13.9. The van der Waals surface area contributed by atoms with Crippen LogP contribution in [0.25, 0.3) is 0 Å². The van der Waals surface area contributed by atoms with Crippen molar-refractivity contribution in [3.63, 3.8) is 0 Å². The highest BCUT2D eigenvalue weighted by Gasteiger charge is 2.63. The van der Waals surface area contributed by atoms with Crippen molar-refractivity contribution in [2.45, 2.75) is 110 Å². The molecule has 290 valence electrons. The molecule has 6 aliphatic rings. The van der Waals surface area contributed by atoms with Crippen molar-refractivity contribution in [3.05, 3.63) is 76.9 Å². The summed E-state index contributed by atoms with van der Waals surface area (Å²) in [6.07, 6.45) is 22.9. The van der Waals surface area contributed by atoms with E-state index in [0.29, 0.717) is 34.0 Å². The average Bonchev–Trinajstić information content (AvgIpc) is 3.65. The van der Waals surface area contributed by atoms with Crippen molar-refractivity contribution in [1.29, 1.82) is 0 Å². The van der Waals surface area contributed by atoms with Gasteiger partial charge in [0.25, 0.3) is 0 Å². The van der Waals surface area contributed by atoms with Gasteiger partial charge >= 0.3 is 0 Å². The maximum Gasteiger partial charge on any atom is 0.116 e. The van der Waals surface area contributed by atoms with Crippen LogP contribution in [-0.4, -0.2) is 49.8 Å². The summed E-state index contributed by atoms with van der Waals surface area (Å²) in [7, 11) is 8.62. The van der Waals surface area contributed by atoms with Gasteiger partial charge in [-0.1, -0.05) is 71.0 Å². The van der Waals surface area contributed by atoms with Crippen LogP contribution in [0.15, 0.2) is 54.6 Å². The third kappa shape index (κ3) is 8.20. The molecule has 2 aromatic rings. The van der Waals surface area contributed by atoms with Crippen molar-refractivity contribution >= 4 is 21.6 Å². The van der Waals surface area contributed by atoms with Crippen LogP contribution in [0.1, 0.15) is 107 Å². The van der Waals surface area contributed by atoms with E-state index in [1.165, 1.54) is 112 Å². The Kier molecular flexibility index (Phi) is 11.7. The number of benzene rings is 2. The third-order valence-electron chi connectivity index (χ3n) is 15.5. The molecule has 5 aliphatic carbocycles. The van der Waals surface area contributed by atoms with Gasteiger partial charge in [0.15, 0.2) is 0 Å². The summed E-state index contributed by atoms with van der Waals surface area (Å²) in [5.41, 5.74) is 6.66. The zero-order chi connectivity index (χ0) is 36.6. The molecule has 0 radical (unpaired) electrons.